The molecule has 0 unspecified atom stereocenters. The van der Waals surface area contributed by atoms with Gasteiger partial charge in [-0.1, -0.05) is 38.2 Å². The highest BCUT2D eigenvalue weighted by atomic mass is 16.4. The maximum absolute atomic E-state index is 12.3. The van der Waals surface area contributed by atoms with Gasteiger partial charge in [0, 0.05) is 17.7 Å². The SMILES string of the molecule is O=C(CCCC1CCCCC1)Nc1cccc(-c2nnc(-c3ccco3)o2)c1. The van der Waals surface area contributed by atoms with Gasteiger partial charge in [-0.25, -0.2) is 0 Å². The molecule has 2 aromatic heterocycles. The summed E-state index contributed by atoms with van der Waals surface area (Å²) in [6, 6.07) is 11.0. The van der Waals surface area contributed by atoms with Crippen LogP contribution in [0.2, 0.25) is 0 Å². The Morgan fingerprint density at radius 2 is 1.93 bits per heavy atom. The van der Waals surface area contributed by atoms with E-state index < -0.39 is 0 Å². The van der Waals surface area contributed by atoms with Crippen molar-refractivity contribution in [1.29, 1.82) is 0 Å². The number of nitrogens with one attached hydrogen (secondary N) is 1. The molecule has 1 fully saturated rings. The third kappa shape index (κ3) is 4.68. The van der Waals surface area contributed by atoms with Gasteiger partial charge in [0.15, 0.2) is 5.76 Å². The first-order chi connectivity index (χ1) is 13.8. The van der Waals surface area contributed by atoms with Gasteiger partial charge < -0.3 is 14.2 Å². The van der Waals surface area contributed by atoms with Crippen LogP contribution in [0, 0.1) is 5.92 Å². The van der Waals surface area contributed by atoms with E-state index in [2.05, 4.69) is 15.5 Å². The van der Waals surface area contributed by atoms with Crippen LogP contribution in [-0.4, -0.2) is 16.1 Å². The highest BCUT2D eigenvalue weighted by Crippen LogP contribution is 2.28. The predicted molar refractivity (Wildman–Crippen MR) is 106 cm³/mol. The number of amides is 1. The van der Waals surface area contributed by atoms with Gasteiger partial charge in [-0.2, -0.15) is 0 Å². The Morgan fingerprint density at radius 3 is 2.75 bits per heavy atom. The van der Waals surface area contributed by atoms with Crippen LogP contribution < -0.4 is 5.32 Å². The number of nitrogens with zero attached hydrogens (tertiary/aromatic N) is 2. The summed E-state index contributed by atoms with van der Waals surface area (Å²) in [6.07, 6.45) is 10.9. The first-order valence-electron chi connectivity index (χ1n) is 10.1. The summed E-state index contributed by atoms with van der Waals surface area (Å²) in [7, 11) is 0. The van der Waals surface area contributed by atoms with E-state index in [9.17, 15) is 4.79 Å². The molecule has 28 heavy (non-hydrogen) atoms. The van der Waals surface area contributed by atoms with Gasteiger partial charge >= 0.3 is 0 Å². The van der Waals surface area contributed by atoms with Crippen LogP contribution in [0.5, 0.6) is 0 Å². The highest BCUT2D eigenvalue weighted by molar-refractivity contribution is 5.91. The van der Waals surface area contributed by atoms with Crippen molar-refractivity contribution < 1.29 is 13.6 Å². The molecule has 1 amide bonds. The van der Waals surface area contributed by atoms with Gasteiger partial charge in [-0.15, -0.1) is 10.2 Å². The van der Waals surface area contributed by atoms with Crippen molar-refractivity contribution in [2.75, 3.05) is 5.32 Å². The Bertz CT molecular complexity index is 895. The second-order valence-corrected chi connectivity index (χ2v) is 7.41. The van der Waals surface area contributed by atoms with Crippen molar-refractivity contribution in [3.63, 3.8) is 0 Å². The fourth-order valence-corrected chi connectivity index (χ4v) is 3.82. The van der Waals surface area contributed by atoms with Crippen LogP contribution in [0.15, 0.2) is 51.5 Å². The van der Waals surface area contributed by atoms with Crippen molar-refractivity contribution in [2.45, 2.75) is 51.4 Å². The molecule has 0 bridgehead atoms. The Kier molecular flexibility index (Phi) is 5.85. The maximum Gasteiger partial charge on any atom is 0.283 e. The number of carbonyl (C=O) groups is 1. The summed E-state index contributed by atoms with van der Waals surface area (Å²) in [4.78, 5) is 12.3. The highest BCUT2D eigenvalue weighted by Gasteiger charge is 2.15. The maximum atomic E-state index is 12.3. The summed E-state index contributed by atoms with van der Waals surface area (Å²) < 4.78 is 11.0. The second kappa shape index (κ2) is 8.87. The van der Waals surface area contributed by atoms with Crippen LogP contribution in [0.4, 0.5) is 5.69 Å². The first-order valence-corrected chi connectivity index (χ1v) is 10.1. The van der Waals surface area contributed by atoms with E-state index in [-0.39, 0.29) is 5.91 Å². The lowest BCUT2D eigenvalue weighted by Crippen LogP contribution is -2.12. The minimum absolute atomic E-state index is 0.0507. The minimum Gasteiger partial charge on any atom is -0.459 e. The van der Waals surface area contributed by atoms with Crippen molar-refractivity contribution in [2.24, 2.45) is 5.92 Å². The van der Waals surface area contributed by atoms with E-state index in [0.29, 0.717) is 24.0 Å². The Hall–Kier alpha value is -2.89. The molecule has 0 spiro atoms. The van der Waals surface area contributed by atoms with Crippen LogP contribution in [-0.2, 0) is 4.79 Å². The molecule has 1 aliphatic carbocycles. The number of furan rings is 1. The zero-order valence-corrected chi connectivity index (χ0v) is 15.9. The van der Waals surface area contributed by atoms with Crippen LogP contribution in [0.3, 0.4) is 0 Å². The molecule has 6 nitrogen and oxygen atoms in total. The molecular formula is C22H25N3O3. The average Bonchev–Trinajstić information content (AvgIpc) is 3.41. The normalized spacial score (nSPS) is 14.9. The average molecular weight is 379 g/mol. The fraction of sp³-hybridized carbons (Fsp3) is 0.409. The summed E-state index contributed by atoms with van der Waals surface area (Å²) in [5, 5.41) is 11.1. The molecule has 1 aliphatic rings. The molecule has 0 atom stereocenters. The third-order valence-corrected chi connectivity index (χ3v) is 5.29. The molecule has 0 aliphatic heterocycles. The summed E-state index contributed by atoms with van der Waals surface area (Å²) >= 11 is 0. The molecule has 4 rings (SSSR count). The Morgan fingerprint density at radius 1 is 1.07 bits per heavy atom. The number of aromatic nitrogens is 2. The van der Waals surface area contributed by atoms with Crippen molar-refractivity contribution in [1.82, 2.24) is 10.2 Å². The summed E-state index contributed by atoms with van der Waals surface area (Å²) in [6.45, 7) is 0. The standard InChI is InChI=1S/C22H25N3O3/c26-20(13-4-9-16-7-2-1-3-8-16)23-18-11-5-10-17(15-18)21-24-25-22(28-21)19-12-6-14-27-19/h5-6,10-12,14-16H,1-4,7-9,13H2,(H,23,26). The fourth-order valence-electron chi connectivity index (χ4n) is 3.82. The van der Waals surface area contributed by atoms with Crippen molar-refractivity contribution >= 4 is 11.6 Å². The third-order valence-electron chi connectivity index (χ3n) is 5.29. The minimum atomic E-state index is 0.0507. The molecule has 6 heteroatoms. The molecular weight excluding hydrogens is 354 g/mol. The van der Waals surface area contributed by atoms with Gasteiger partial charge in [0.05, 0.1) is 6.26 Å². The predicted octanol–water partition coefficient (Wildman–Crippen LogP) is 5.69. The van der Waals surface area contributed by atoms with Crippen molar-refractivity contribution in [3.8, 4) is 23.1 Å². The summed E-state index contributed by atoms with van der Waals surface area (Å²) in [5.74, 6) is 2.11. The topological polar surface area (TPSA) is 81.2 Å². The van der Waals surface area contributed by atoms with Gasteiger partial charge in [0.1, 0.15) is 0 Å². The number of hydrogen-bond acceptors (Lipinski definition) is 5. The number of anilines is 1. The number of rotatable bonds is 7. The molecule has 0 saturated heterocycles. The van der Waals surface area contributed by atoms with Gasteiger partial charge in [0.2, 0.25) is 11.8 Å². The Balaban J connectivity index is 1.32. The van der Waals surface area contributed by atoms with E-state index >= 15 is 0 Å². The van der Waals surface area contributed by atoms with Crippen molar-refractivity contribution in [3.05, 3.63) is 42.7 Å². The second-order valence-electron chi connectivity index (χ2n) is 7.41. The molecule has 1 aromatic carbocycles. The first kappa shape index (κ1) is 18.5. The van der Waals surface area contributed by atoms with Crippen LogP contribution >= 0.6 is 0 Å². The smallest absolute Gasteiger partial charge is 0.283 e. The summed E-state index contributed by atoms with van der Waals surface area (Å²) in [5.41, 5.74) is 1.49. The Labute approximate surface area is 164 Å². The lowest BCUT2D eigenvalue weighted by molar-refractivity contribution is -0.116. The van der Waals surface area contributed by atoms with Gasteiger partial charge in [0.25, 0.3) is 5.89 Å². The number of carbonyl (C=O) groups excluding carboxylic acids is 1. The molecule has 1 N–H and O–H groups in total. The van der Waals surface area contributed by atoms with Crippen LogP contribution in [0.1, 0.15) is 51.4 Å². The van der Waals surface area contributed by atoms with Crippen LogP contribution in [0.25, 0.3) is 23.1 Å². The van der Waals surface area contributed by atoms with E-state index in [4.69, 9.17) is 8.83 Å². The van der Waals surface area contributed by atoms with E-state index in [1.165, 1.54) is 32.1 Å². The molecule has 2 heterocycles. The number of hydrogen-bond donors (Lipinski definition) is 1. The lowest BCUT2D eigenvalue weighted by Gasteiger charge is -2.21. The molecule has 0 radical (unpaired) electrons. The van der Waals surface area contributed by atoms with E-state index in [0.717, 1.165) is 30.0 Å². The quantitative estimate of drug-likeness (QED) is 0.570. The molecule has 3 aromatic rings. The largest absolute Gasteiger partial charge is 0.459 e. The zero-order chi connectivity index (χ0) is 19.2. The molecule has 146 valence electrons. The van der Waals surface area contributed by atoms with E-state index in [1.54, 1.807) is 18.4 Å². The van der Waals surface area contributed by atoms with E-state index in [1.807, 2.05) is 24.3 Å². The van der Waals surface area contributed by atoms with Gasteiger partial charge in [-0.05, 0) is 49.1 Å². The van der Waals surface area contributed by atoms with Gasteiger partial charge in [-0.3, -0.25) is 4.79 Å². The number of benzene rings is 1. The zero-order valence-electron chi connectivity index (χ0n) is 15.9. The monoisotopic (exact) mass is 379 g/mol. The lowest BCUT2D eigenvalue weighted by atomic mass is 9.86. The molecule has 1 saturated carbocycles.